The second-order valence-electron chi connectivity index (χ2n) is 5.72. The molecule has 0 bridgehead atoms. The Kier molecular flexibility index (Phi) is 6.45. The molecule has 1 fully saturated rings. The number of ether oxygens (including phenoxy) is 1. The Hall–Kier alpha value is -0.120. The molecule has 3 heteroatoms. The summed E-state index contributed by atoms with van der Waals surface area (Å²) in [5, 5.41) is 0. The molecule has 2 N–H and O–H groups in total. The lowest BCUT2D eigenvalue weighted by atomic mass is 9.88. The van der Waals surface area contributed by atoms with Crippen LogP contribution >= 0.6 is 0 Å². The van der Waals surface area contributed by atoms with E-state index in [9.17, 15) is 0 Å². The number of hydrogen-bond acceptors (Lipinski definition) is 3. The van der Waals surface area contributed by atoms with Crippen molar-refractivity contribution in [3.8, 4) is 0 Å². The molecule has 1 saturated carbocycles. The van der Waals surface area contributed by atoms with E-state index >= 15 is 0 Å². The van der Waals surface area contributed by atoms with Gasteiger partial charge in [-0.3, -0.25) is 4.90 Å². The minimum atomic E-state index is -0.00649. The molecule has 0 heterocycles. The lowest BCUT2D eigenvalue weighted by Crippen LogP contribution is -2.54. The van der Waals surface area contributed by atoms with Crippen LogP contribution in [0.2, 0.25) is 0 Å². The van der Waals surface area contributed by atoms with Gasteiger partial charge in [0.1, 0.15) is 0 Å². The average molecular weight is 242 g/mol. The predicted molar refractivity (Wildman–Crippen MR) is 73.2 cm³/mol. The smallest absolute Gasteiger partial charge is 0.0659 e. The molecule has 0 spiro atoms. The molecule has 0 amide bonds. The molecule has 0 radical (unpaired) electrons. The zero-order valence-corrected chi connectivity index (χ0v) is 11.9. The van der Waals surface area contributed by atoms with E-state index in [-0.39, 0.29) is 5.54 Å². The Bertz CT molecular complexity index is 204. The van der Waals surface area contributed by atoms with Crippen molar-refractivity contribution in [2.45, 2.75) is 51.5 Å². The first-order valence-corrected chi connectivity index (χ1v) is 7.11. The van der Waals surface area contributed by atoms with Crippen molar-refractivity contribution >= 4 is 0 Å². The SMILES string of the molecule is CCOCC(C)(CN)N(C)CC1CCCCC1. The van der Waals surface area contributed by atoms with Crippen LogP contribution < -0.4 is 5.73 Å². The van der Waals surface area contributed by atoms with Gasteiger partial charge in [-0.15, -0.1) is 0 Å². The van der Waals surface area contributed by atoms with Crippen molar-refractivity contribution in [2.24, 2.45) is 11.7 Å². The summed E-state index contributed by atoms with van der Waals surface area (Å²) in [6.07, 6.45) is 7.01. The van der Waals surface area contributed by atoms with Crippen LogP contribution in [0.15, 0.2) is 0 Å². The van der Waals surface area contributed by atoms with Crippen LogP contribution in [0.25, 0.3) is 0 Å². The fourth-order valence-corrected chi connectivity index (χ4v) is 2.62. The zero-order valence-electron chi connectivity index (χ0n) is 11.9. The van der Waals surface area contributed by atoms with E-state index in [1.807, 2.05) is 6.92 Å². The molecular weight excluding hydrogens is 212 g/mol. The maximum absolute atomic E-state index is 5.93. The third-order valence-corrected chi connectivity index (χ3v) is 4.24. The van der Waals surface area contributed by atoms with Crippen LogP contribution in [0.4, 0.5) is 0 Å². The number of nitrogens with zero attached hydrogens (tertiary/aromatic N) is 1. The van der Waals surface area contributed by atoms with Crippen molar-refractivity contribution in [3.05, 3.63) is 0 Å². The maximum Gasteiger partial charge on any atom is 0.0659 e. The number of rotatable bonds is 7. The van der Waals surface area contributed by atoms with Gasteiger partial charge in [0, 0.05) is 19.7 Å². The van der Waals surface area contributed by atoms with Gasteiger partial charge in [-0.25, -0.2) is 0 Å². The van der Waals surface area contributed by atoms with Crippen molar-refractivity contribution in [1.82, 2.24) is 4.90 Å². The van der Waals surface area contributed by atoms with Gasteiger partial charge < -0.3 is 10.5 Å². The topological polar surface area (TPSA) is 38.5 Å². The largest absolute Gasteiger partial charge is 0.380 e. The van der Waals surface area contributed by atoms with Gasteiger partial charge >= 0.3 is 0 Å². The number of likely N-dealkylation sites (N-methyl/N-ethyl adjacent to an activating group) is 1. The standard InChI is InChI=1S/C14H30N2O/c1-4-17-12-14(2,11-15)16(3)10-13-8-6-5-7-9-13/h13H,4-12,15H2,1-3H3. The first-order chi connectivity index (χ1) is 8.12. The predicted octanol–water partition coefficient (Wildman–Crippen LogP) is 2.25. The van der Waals surface area contributed by atoms with E-state index in [4.69, 9.17) is 10.5 Å². The lowest BCUT2D eigenvalue weighted by molar-refractivity contribution is 0.0142. The highest BCUT2D eigenvalue weighted by Gasteiger charge is 2.29. The van der Waals surface area contributed by atoms with Gasteiger partial charge in [0.2, 0.25) is 0 Å². The Balaban J connectivity index is 2.43. The van der Waals surface area contributed by atoms with Crippen LogP contribution in [0.3, 0.4) is 0 Å². The first kappa shape index (κ1) is 14.9. The summed E-state index contributed by atoms with van der Waals surface area (Å²) in [4.78, 5) is 2.42. The van der Waals surface area contributed by atoms with E-state index in [1.54, 1.807) is 0 Å². The molecule has 1 aliphatic carbocycles. The van der Waals surface area contributed by atoms with E-state index < -0.39 is 0 Å². The Morgan fingerprint density at radius 3 is 2.47 bits per heavy atom. The van der Waals surface area contributed by atoms with Crippen molar-refractivity contribution in [3.63, 3.8) is 0 Å². The highest BCUT2D eigenvalue weighted by Crippen LogP contribution is 2.26. The number of nitrogens with two attached hydrogens (primary N) is 1. The van der Waals surface area contributed by atoms with Crippen LogP contribution in [0.5, 0.6) is 0 Å². The van der Waals surface area contributed by atoms with Crippen LogP contribution in [-0.4, -0.2) is 43.8 Å². The van der Waals surface area contributed by atoms with Gasteiger partial charge in [0.15, 0.2) is 0 Å². The minimum absolute atomic E-state index is 0.00649. The monoisotopic (exact) mass is 242 g/mol. The highest BCUT2D eigenvalue weighted by molar-refractivity contribution is 4.87. The third-order valence-electron chi connectivity index (χ3n) is 4.24. The Labute approximate surface area is 107 Å². The molecule has 102 valence electrons. The Morgan fingerprint density at radius 2 is 1.94 bits per heavy atom. The molecule has 1 aliphatic rings. The quantitative estimate of drug-likeness (QED) is 0.744. The van der Waals surface area contributed by atoms with Gasteiger partial charge in [0.05, 0.1) is 12.1 Å². The van der Waals surface area contributed by atoms with E-state index in [0.29, 0.717) is 6.54 Å². The second-order valence-corrected chi connectivity index (χ2v) is 5.72. The molecule has 1 unspecified atom stereocenters. The molecular formula is C14H30N2O. The van der Waals surface area contributed by atoms with Gasteiger partial charge in [-0.05, 0) is 39.7 Å². The molecule has 1 atom stereocenters. The summed E-state index contributed by atoms with van der Waals surface area (Å²) in [5.74, 6) is 0.862. The summed E-state index contributed by atoms with van der Waals surface area (Å²) in [6, 6.07) is 0. The molecule has 0 saturated heterocycles. The first-order valence-electron chi connectivity index (χ1n) is 7.11. The zero-order chi connectivity index (χ0) is 12.7. The highest BCUT2D eigenvalue weighted by atomic mass is 16.5. The number of hydrogen-bond donors (Lipinski definition) is 1. The summed E-state index contributed by atoms with van der Waals surface area (Å²) in [5.41, 5.74) is 5.93. The summed E-state index contributed by atoms with van der Waals surface area (Å²) in [6.45, 7) is 7.59. The van der Waals surface area contributed by atoms with Gasteiger partial charge in [-0.1, -0.05) is 19.3 Å². The van der Waals surface area contributed by atoms with Crippen molar-refractivity contribution in [2.75, 3.05) is 33.4 Å². The molecule has 0 aromatic rings. The summed E-state index contributed by atoms with van der Waals surface area (Å²) < 4.78 is 5.58. The van der Waals surface area contributed by atoms with E-state index in [1.165, 1.54) is 38.6 Å². The Morgan fingerprint density at radius 1 is 1.29 bits per heavy atom. The van der Waals surface area contributed by atoms with Crippen molar-refractivity contribution in [1.29, 1.82) is 0 Å². The average Bonchev–Trinajstić information content (AvgIpc) is 2.37. The van der Waals surface area contributed by atoms with Crippen molar-refractivity contribution < 1.29 is 4.74 Å². The fraction of sp³-hybridized carbons (Fsp3) is 1.00. The minimum Gasteiger partial charge on any atom is -0.380 e. The fourth-order valence-electron chi connectivity index (χ4n) is 2.62. The van der Waals surface area contributed by atoms with E-state index in [0.717, 1.165) is 19.1 Å². The maximum atomic E-state index is 5.93. The normalized spacial score (nSPS) is 21.7. The molecule has 3 nitrogen and oxygen atoms in total. The van der Waals surface area contributed by atoms with Gasteiger partial charge in [0.25, 0.3) is 0 Å². The third kappa shape index (κ3) is 4.57. The lowest BCUT2D eigenvalue weighted by Gasteiger charge is -2.40. The molecule has 1 rings (SSSR count). The van der Waals surface area contributed by atoms with Crippen LogP contribution in [-0.2, 0) is 4.74 Å². The molecule has 17 heavy (non-hydrogen) atoms. The van der Waals surface area contributed by atoms with E-state index in [2.05, 4.69) is 18.9 Å². The second kappa shape index (κ2) is 7.34. The molecule has 0 aromatic carbocycles. The summed E-state index contributed by atoms with van der Waals surface area (Å²) >= 11 is 0. The van der Waals surface area contributed by atoms with Crippen LogP contribution in [0.1, 0.15) is 46.0 Å². The molecule has 0 aromatic heterocycles. The van der Waals surface area contributed by atoms with Crippen LogP contribution in [0, 0.1) is 5.92 Å². The summed E-state index contributed by atoms with van der Waals surface area (Å²) in [7, 11) is 2.19. The van der Waals surface area contributed by atoms with Gasteiger partial charge in [-0.2, -0.15) is 0 Å². The molecule has 0 aliphatic heterocycles.